The molecule has 0 spiro atoms. The normalized spacial score (nSPS) is 22.2. The number of rotatable bonds is 3. The van der Waals surface area contributed by atoms with E-state index in [0.29, 0.717) is 11.1 Å². The van der Waals surface area contributed by atoms with Gasteiger partial charge in [0, 0.05) is 11.1 Å². The van der Waals surface area contributed by atoms with Crippen molar-refractivity contribution in [3.8, 4) is 0 Å². The van der Waals surface area contributed by atoms with Gasteiger partial charge in [-0.3, -0.25) is 9.69 Å². The smallest absolute Gasteiger partial charge is 0.257 e. The van der Waals surface area contributed by atoms with Crippen LogP contribution in [0.1, 0.15) is 34.5 Å². The van der Waals surface area contributed by atoms with Crippen LogP contribution in [0.2, 0.25) is 0 Å². The van der Waals surface area contributed by atoms with Crippen molar-refractivity contribution in [2.75, 3.05) is 6.61 Å². The van der Waals surface area contributed by atoms with E-state index in [1.807, 2.05) is 30.3 Å². The van der Waals surface area contributed by atoms with E-state index < -0.39 is 11.8 Å². The van der Waals surface area contributed by atoms with Crippen LogP contribution >= 0.6 is 0 Å². The minimum absolute atomic E-state index is 0.250. The number of aliphatic hydroxyl groups is 2. The van der Waals surface area contributed by atoms with E-state index in [1.165, 1.54) is 4.90 Å². The summed E-state index contributed by atoms with van der Waals surface area (Å²) < 4.78 is 0. The number of benzene rings is 2. The van der Waals surface area contributed by atoms with Crippen LogP contribution in [-0.2, 0) is 5.72 Å². The van der Waals surface area contributed by atoms with Crippen LogP contribution in [0, 0.1) is 0 Å². The molecule has 0 radical (unpaired) electrons. The highest BCUT2D eigenvalue weighted by molar-refractivity contribution is 5.99. The summed E-state index contributed by atoms with van der Waals surface area (Å²) >= 11 is 0. The Hall–Kier alpha value is -2.17. The Labute approximate surface area is 123 Å². The van der Waals surface area contributed by atoms with Gasteiger partial charge in [0.1, 0.15) is 0 Å². The molecule has 4 heteroatoms. The van der Waals surface area contributed by atoms with E-state index in [1.54, 1.807) is 31.2 Å². The fourth-order valence-electron chi connectivity index (χ4n) is 3.00. The molecule has 1 unspecified atom stereocenters. The summed E-state index contributed by atoms with van der Waals surface area (Å²) in [5, 5.41) is 20.6. The number of hydrogen-bond donors (Lipinski definition) is 2. The number of nitrogens with zero attached hydrogens (tertiary/aromatic N) is 1. The maximum Gasteiger partial charge on any atom is 0.257 e. The van der Waals surface area contributed by atoms with Crippen molar-refractivity contribution in [2.24, 2.45) is 0 Å². The molecule has 1 heterocycles. The molecule has 1 aliphatic rings. The molecule has 108 valence electrons. The van der Waals surface area contributed by atoms with Crippen molar-refractivity contribution in [1.82, 2.24) is 4.90 Å². The SMILES string of the molecule is CC1(O)c2ccccc2C(=O)N1[C@H](CO)c1ccccc1. The van der Waals surface area contributed by atoms with Crippen LogP contribution in [0.3, 0.4) is 0 Å². The van der Waals surface area contributed by atoms with Gasteiger partial charge in [-0.05, 0) is 18.6 Å². The zero-order valence-corrected chi connectivity index (χ0v) is 11.7. The molecule has 0 saturated heterocycles. The fourth-order valence-corrected chi connectivity index (χ4v) is 3.00. The molecule has 0 fully saturated rings. The Morgan fingerprint density at radius 1 is 1.10 bits per heavy atom. The maximum atomic E-state index is 12.6. The first-order valence-electron chi connectivity index (χ1n) is 6.88. The summed E-state index contributed by atoms with van der Waals surface area (Å²) in [6.45, 7) is 1.34. The Bertz CT molecular complexity index is 667. The zero-order valence-electron chi connectivity index (χ0n) is 11.7. The number of fused-ring (bicyclic) bond motifs is 1. The van der Waals surface area contributed by atoms with Gasteiger partial charge in [0.2, 0.25) is 0 Å². The minimum Gasteiger partial charge on any atom is -0.394 e. The molecule has 2 N–H and O–H groups in total. The van der Waals surface area contributed by atoms with Gasteiger partial charge in [0.25, 0.3) is 5.91 Å². The van der Waals surface area contributed by atoms with E-state index in [2.05, 4.69) is 0 Å². The largest absolute Gasteiger partial charge is 0.394 e. The summed E-state index contributed by atoms with van der Waals surface area (Å²) in [7, 11) is 0. The van der Waals surface area contributed by atoms with E-state index in [4.69, 9.17) is 0 Å². The quantitative estimate of drug-likeness (QED) is 0.906. The average Bonchev–Trinajstić information content (AvgIpc) is 2.71. The van der Waals surface area contributed by atoms with Gasteiger partial charge in [-0.25, -0.2) is 0 Å². The third kappa shape index (κ3) is 2.04. The highest BCUT2D eigenvalue weighted by atomic mass is 16.3. The van der Waals surface area contributed by atoms with Crippen molar-refractivity contribution in [2.45, 2.75) is 18.7 Å². The van der Waals surface area contributed by atoms with Crippen molar-refractivity contribution in [1.29, 1.82) is 0 Å². The highest BCUT2D eigenvalue weighted by Gasteiger charge is 2.48. The molecule has 1 aliphatic heterocycles. The van der Waals surface area contributed by atoms with E-state index in [9.17, 15) is 15.0 Å². The maximum absolute atomic E-state index is 12.6. The summed E-state index contributed by atoms with van der Waals surface area (Å²) in [4.78, 5) is 14.0. The molecule has 0 aliphatic carbocycles. The number of hydrogen-bond acceptors (Lipinski definition) is 3. The van der Waals surface area contributed by atoms with E-state index in [-0.39, 0.29) is 12.5 Å². The number of carbonyl (C=O) groups excluding carboxylic acids is 1. The lowest BCUT2D eigenvalue weighted by atomic mass is 10.0. The molecule has 21 heavy (non-hydrogen) atoms. The standard InChI is InChI=1S/C17H17NO3/c1-17(21)14-10-6-5-9-13(14)16(20)18(17)15(11-19)12-7-3-2-4-8-12/h2-10,15,19,21H,11H2,1H3/t15-,17?/m1/s1. The minimum atomic E-state index is -1.43. The monoisotopic (exact) mass is 283 g/mol. The lowest BCUT2D eigenvalue weighted by Gasteiger charge is -2.37. The molecule has 2 aromatic carbocycles. The molecule has 2 aromatic rings. The summed E-state index contributed by atoms with van der Waals surface area (Å²) in [6.07, 6.45) is 0. The summed E-state index contributed by atoms with van der Waals surface area (Å²) in [5.74, 6) is -0.265. The number of carbonyl (C=O) groups is 1. The van der Waals surface area contributed by atoms with Crippen LogP contribution in [0.25, 0.3) is 0 Å². The van der Waals surface area contributed by atoms with Crippen LogP contribution in [0.4, 0.5) is 0 Å². The average molecular weight is 283 g/mol. The second-order valence-corrected chi connectivity index (χ2v) is 5.35. The first-order chi connectivity index (χ1) is 10.1. The lowest BCUT2D eigenvalue weighted by Crippen LogP contribution is -2.45. The summed E-state index contributed by atoms with van der Waals surface area (Å²) in [6, 6.07) is 15.7. The van der Waals surface area contributed by atoms with Crippen molar-refractivity contribution in [3.63, 3.8) is 0 Å². The Morgan fingerprint density at radius 2 is 1.71 bits per heavy atom. The van der Waals surface area contributed by atoms with Crippen molar-refractivity contribution >= 4 is 5.91 Å². The van der Waals surface area contributed by atoms with Gasteiger partial charge in [0.05, 0.1) is 12.6 Å². The third-order valence-electron chi connectivity index (χ3n) is 4.02. The molecule has 0 bridgehead atoms. The molecule has 1 amide bonds. The van der Waals surface area contributed by atoms with Crippen LogP contribution < -0.4 is 0 Å². The van der Waals surface area contributed by atoms with Crippen molar-refractivity contribution in [3.05, 3.63) is 71.3 Å². The zero-order chi connectivity index (χ0) is 15.0. The predicted molar refractivity (Wildman–Crippen MR) is 78.5 cm³/mol. The van der Waals surface area contributed by atoms with E-state index in [0.717, 1.165) is 5.56 Å². The Kier molecular flexibility index (Phi) is 3.27. The van der Waals surface area contributed by atoms with Crippen LogP contribution in [0.15, 0.2) is 54.6 Å². The van der Waals surface area contributed by atoms with Crippen LogP contribution in [-0.4, -0.2) is 27.6 Å². The van der Waals surface area contributed by atoms with Crippen molar-refractivity contribution < 1.29 is 15.0 Å². The molecular weight excluding hydrogens is 266 g/mol. The van der Waals surface area contributed by atoms with Gasteiger partial charge < -0.3 is 10.2 Å². The molecule has 2 atom stereocenters. The van der Waals surface area contributed by atoms with E-state index >= 15 is 0 Å². The van der Waals surface area contributed by atoms with Crippen LogP contribution in [0.5, 0.6) is 0 Å². The van der Waals surface area contributed by atoms with Gasteiger partial charge in [-0.15, -0.1) is 0 Å². The topological polar surface area (TPSA) is 60.8 Å². The lowest BCUT2D eigenvalue weighted by molar-refractivity contribution is -0.0964. The van der Waals surface area contributed by atoms with Gasteiger partial charge >= 0.3 is 0 Å². The van der Waals surface area contributed by atoms with Gasteiger partial charge in [-0.2, -0.15) is 0 Å². The second kappa shape index (κ2) is 4.98. The van der Waals surface area contributed by atoms with Gasteiger partial charge in [0.15, 0.2) is 5.72 Å². The highest BCUT2D eigenvalue weighted by Crippen LogP contribution is 2.42. The molecule has 0 saturated carbocycles. The fraction of sp³-hybridized carbons (Fsp3) is 0.235. The van der Waals surface area contributed by atoms with Gasteiger partial charge in [-0.1, -0.05) is 48.5 Å². The molecule has 0 aromatic heterocycles. The summed E-state index contributed by atoms with van der Waals surface area (Å²) in [5.41, 5.74) is 0.416. The first-order valence-corrected chi connectivity index (χ1v) is 6.88. The first kappa shape index (κ1) is 13.8. The molecule has 3 rings (SSSR count). The number of aliphatic hydroxyl groups excluding tert-OH is 1. The number of amides is 1. The Balaban J connectivity index is 2.09. The molecular formula is C17H17NO3. The third-order valence-corrected chi connectivity index (χ3v) is 4.02. The second-order valence-electron chi connectivity index (χ2n) is 5.35. The predicted octanol–water partition coefficient (Wildman–Crippen LogP) is 2.04. The molecule has 4 nitrogen and oxygen atoms in total. The Morgan fingerprint density at radius 3 is 2.33 bits per heavy atom.